The van der Waals surface area contributed by atoms with Gasteiger partial charge < -0.3 is 4.57 Å². The van der Waals surface area contributed by atoms with Gasteiger partial charge in [0.1, 0.15) is 11.6 Å². The van der Waals surface area contributed by atoms with Crippen LogP contribution in [0.25, 0.3) is 0 Å². The predicted octanol–water partition coefficient (Wildman–Crippen LogP) is 3.11. The minimum absolute atomic E-state index is 0.442. The third-order valence-electron chi connectivity index (χ3n) is 2.30. The molecule has 1 aromatic rings. The Hall–Kier alpha value is -0.860. The summed E-state index contributed by atoms with van der Waals surface area (Å²) in [4.78, 5) is 0. The van der Waals surface area contributed by atoms with Crippen LogP contribution in [0.2, 0.25) is 0 Å². The SMILES string of the molecule is CC(C)c1nnc(C(C)C)n1C(C)C. The zero-order chi connectivity index (χ0) is 10.9. The highest BCUT2D eigenvalue weighted by Crippen LogP contribution is 2.22. The molecule has 3 heteroatoms. The van der Waals surface area contributed by atoms with E-state index >= 15 is 0 Å². The van der Waals surface area contributed by atoms with Gasteiger partial charge in [0.15, 0.2) is 0 Å². The maximum atomic E-state index is 4.27. The van der Waals surface area contributed by atoms with Crippen molar-refractivity contribution in [3.05, 3.63) is 11.6 Å². The van der Waals surface area contributed by atoms with Crippen LogP contribution in [0.4, 0.5) is 0 Å². The zero-order valence-corrected chi connectivity index (χ0v) is 10.1. The van der Waals surface area contributed by atoms with Gasteiger partial charge in [-0.2, -0.15) is 0 Å². The van der Waals surface area contributed by atoms with Gasteiger partial charge >= 0.3 is 0 Å². The number of hydrogen-bond donors (Lipinski definition) is 0. The number of rotatable bonds is 3. The molecule has 14 heavy (non-hydrogen) atoms. The van der Waals surface area contributed by atoms with E-state index in [-0.39, 0.29) is 0 Å². The lowest BCUT2D eigenvalue weighted by molar-refractivity contribution is 0.515. The lowest BCUT2D eigenvalue weighted by Crippen LogP contribution is -2.12. The van der Waals surface area contributed by atoms with E-state index in [4.69, 9.17) is 0 Å². The maximum absolute atomic E-state index is 4.27. The van der Waals surface area contributed by atoms with E-state index in [0.29, 0.717) is 17.9 Å². The summed E-state index contributed by atoms with van der Waals surface area (Å²) in [5.41, 5.74) is 0. The van der Waals surface area contributed by atoms with E-state index in [1.807, 2.05) is 0 Å². The van der Waals surface area contributed by atoms with Crippen molar-refractivity contribution in [2.24, 2.45) is 0 Å². The van der Waals surface area contributed by atoms with Crippen molar-refractivity contribution in [1.29, 1.82) is 0 Å². The molecule has 0 spiro atoms. The average molecular weight is 195 g/mol. The van der Waals surface area contributed by atoms with Crippen molar-refractivity contribution in [2.75, 3.05) is 0 Å². The van der Waals surface area contributed by atoms with Crippen molar-refractivity contribution in [3.63, 3.8) is 0 Å². The second-order valence-electron chi connectivity index (χ2n) is 4.69. The summed E-state index contributed by atoms with van der Waals surface area (Å²) < 4.78 is 2.26. The molecule has 0 N–H and O–H groups in total. The Bertz CT molecular complexity index is 272. The molecule has 0 unspecified atom stereocenters. The van der Waals surface area contributed by atoms with Gasteiger partial charge in [-0.1, -0.05) is 27.7 Å². The van der Waals surface area contributed by atoms with Crippen LogP contribution in [-0.2, 0) is 0 Å². The van der Waals surface area contributed by atoms with Gasteiger partial charge in [-0.15, -0.1) is 10.2 Å². The molecular weight excluding hydrogens is 174 g/mol. The van der Waals surface area contributed by atoms with Crippen LogP contribution in [0.15, 0.2) is 0 Å². The molecule has 0 atom stereocenters. The quantitative estimate of drug-likeness (QED) is 0.742. The second-order valence-corrected chi connectivity index (χ2v) is 4.69. The van der Waals surface area contributed by atoms with Gasteiger partial charge in [-0.3, -0.25) is 0 Å². The molecular formula is C11H21N3. The smallest absolute Gasteiger partial charge is 0.135 e. The molecule has 1 heterocycles. The molecule has 0 saturated heterocycles. The first-order valence-corrected chi connectivity index (χ1v) is 5.39. The molecule has 0 bridgehead atoms. The van der Waals surface area contributed by atoms with Crippen LogP contribution in [0.5, 0.6) is 0 Å². The summed E-state index contributed by atoms with van der Waals surface area (Å²) in [7, 11) is 0. The van der Waals surface area contributed by atoms with Gasteiger partial charge in [0.25, 0.3) is 0 Å². The molecule has 80 valence electrons. The first-order chi connectivity index (χ1) is 6.45. The summed E-state index contributed by atoms with van der Waals surface area (Å²) >= 11 is 0. The summed E-state index contributed by atoms with van der Waals surface area (Å²) in [6, 6.07) is 0.444. The molecule has 0 fully saturated rings. The summed E-state index contributed by atoms with van der Waals surface area (Å²) in [6.07, 6.45) is 0. The molecule has 0 aromatic carbocycles. The third-order valence-corrected chi connectivity index (χ3v) is 2.30. The molecule has 0 saturated carbocycles. The minimum Gasteiger partial charge on any atom is -0.312 e. The van der Waals surface area contributed by atoms with Gasteiger partial charge in [0.05, 0.1) is 0 Å². The van der Waals surface area contributed by atoms with Crippen LogP contribution in [0.1, 0.15) is 71.1 Å². The van der Waals surface area contributed by atoms with Gasteiger partial charge in [0.2, 0.25) is 0 Å². The second kappa shape index (κ2) is 4.11. The number of hydrogen-bond acceptors (Lipinski definition) is 2. The lowest BCUT2D eigenvalue weighted by Gasteiger charge is -2.17. The number of nitrogens with zero attached hydrogens (tertiary/aromatic N) is 3. The lowest BCUT2D eigenvalue weighted by atomic mass is 10.1. The average Bonchev–Trinajstić information content (AvgIpc) is 2.46. The highest BCUT2D eigenvalue weighted by Gasteiger charge is 2.18. The number of aromatic nitrogens is 3. The molecule has 3 nitrogen and oxygen atoms in total. The van der Waals surface area contributed by atoms with E-state index in [1.54, 1.807) is 0 Å². The fraction of sp³-hybridized carbons (Fsp3) is 0.818. The predicted molar refractivity (Wildman–Crippen MR) is 58.6 cm³/mol. The molecule has 1 rings (SSSR count). The maximum Gasteiger partial charge on any atom is 0.135 e. The van der Waals surface area contributed by atoms with Crippen LogP contribution in [0.3, 0.4) is 0 Å². The standard InChI is InChI=1S/C11H21N3/c1-7(2)10-12-13-11(8(3)4)14(10)9(5)6/h7-9H,1-6H3. The van der Waals surface area contributed by atoms with Crippen LogP contribution >= 0.6 is 0 Å². The summed E-state index contributed by atoms with van der Waals surface area (Å²) in [6.45, 7) is 13.0. The van der Waals surface area contributed by atoms with Crippen LogP contribution in [-0.4, -0.2) is 14.8 Å². The highest BCUT2D eigenvalue weighted by atomic mass is 15.3. The Balaban J connectivity index is 3.20. The zero-order valence-electron chi connectivity index (χ0n) is 10.1. The molecule has 0 aliphatic carbocycles. The van der Waals surface area contributed by atoms with Crippen molar-refractivity contribution in [3.8, 4) is 0 Å². The van der Waals surface area contributed by atoms with Crippen molar-refractivity contribution >= 4 is 0 Å². The van der Waals surface area contributed by atoms with E-state index in [2.05, 4.69) is 56.3 Å². The molecule has 0 aliphatic rings. The third kappa shape index (κ3) is 1.97. The Morgan fingerprint density at radius 3 is 1.36 bits per heavy atom. The van der Waals surface area contributed by atoms with E-state index in [1.165, 1.54) is 0 Å². The van der Waals surface area contributed by atoms with Crippen molar-refractivity contribution in [1.82, 2.24) is 14.8 Å². The van der Waals surface area contributed by atoms with E-state index in [9.17, 15) is 0 Å². The Morgan fingerprint density at radius 2 is 1.14 bits per heavy atom. The fourth-order valence-electron chi connectivity index (χ4n) is 1.63. The van der Waals surface area contributed by atoms with Gasteiger partial charge in [-0.05, 0) is 13.8 Å². The van der Waals surface area contributed by atoms with Crippen molar-refractivity contribution in [2.45, 2.75) is 59.4 Å². The van der Waals surface area contributed by atoms with Gasteiger partial charge in [0, 0.05) is 17.9 Å². The minimum atomic E-state index is 0.442. The Morgan fingerprint density at radius 1 is 0.786 bits per heavy atom. The fourth-order valence-corrected chi connectivity index (χ4v) is 1.63. The van der Waals surface area contributed by atoms with E-state index in [0.717, 1.165) is 11.6 Å². The normalized spacial score (nSPS) is 12.1. The van der Waals surface area contributed by atoms with Crippen molar-refractivity contribution < 1.29 is 0 Å². The summed E-state index contributed by atoms with van der Waals surface area (Å²) in [5.74, 6) is 3.09. The molecule has 0 radical (unpaired) electrons. The largest absolute Gasteiger partial charge is 0.312 e. The molecule has 0 aliphatic heterocycles. The molecule has 1 aromatic heterocycles. The van der Waals surface area contributed by atoms with E-state index < -0.39 is 0 Å². The Kier molecular flexibility index (Phi) is 3.29. The summed E-state index contributed by atoms with van der Waals surface area (Å²) in [5, 5.41) is 8.54. The van der Waals surface area contributed by atoms with Gasteiger partial charge in [-0.25, -0.2) is 0 Å². The first-order valence-electron chi connectivity index (χ1n) is 5.39. The van der Waals surface area contributed by atoms with Crippen LogP contribution < -0.4 is 0 Å². The van der Waals surface area contributed by atoms with Crippen LogP contribution in [0, 0.1) is 0 Å². The molecule has 0 amide bonds. The Labute approximate surface area is 86.5 Å². The highest BCUT2D eigenvalue weighted by molar-refractivity contribution is 5.04. The monoisotopic (exact) mass is 195 g/mol. The topological polar surface area (TPSA) is 30.7 Å². The first kappa shape index (κ1) is 11.2.